The SMILES string of the molecule is CN(C)c1cccc(Oc2cc(F)cc(F)c2N)c1. The van der Waals surface area contributed by atoms with Gasteiger partial charge >= 0.3 is 0 Å². The van der Waals surface area contributed by atoms with E-state index in [2.05, 4.69) is 0 Å². The molecule has 3 nitrogen and oxygen atoms in total. The van der Waals surface area contributed by atoms with Crippen LogP contribution in [0.25, 0.3) is 0 Å². The summed E-state index contributed by atoms with van der Waals surface area (Å²) in [6.07, 6.45) is 0. The molecule has 0 fully saturated rings. The van der Waals surface area contributed by atoms with E-state index in [9.17, 15) is 8.78 Å². The molecule has 0 saturated carbocycles. The smallest absolute Gasteiger partial charge is 0.156 e. The first kappa shape index (κ1) is 13.1. The highest BCUT2D eigenvalue weighted by molar-refractivity contribution is 5.56. The number of nitrogen functional groups attached to an aromatic ring is 1. The fraction of sp³-hybridized carbons (Fsp3) is 0.143. The van der Waals surface area contributed by atoms with Crippen LogP contribution < -0.4 is 15.4 Å². The number of nitrogens with two attached hydrogens (primary N) is 1. The normalized spacial score (nSPS) is 10.3. The lowest BCUT2D eigenvalue weighted by Crippen LogP contribution is -2.08. The van der Waals surface area contributed by atoms with Crippen LogP contribution in [0.4, 0.5) is 20.2 Å². The van der Waals surface area contributed by atoms with Gasteiger partial charge in [-0.3, -0.25) is 0 Å². The largest absolute Gasteiger partial charge is 0.455 e. The van der Waals surface area contributed by atoms with Crippen LogP contribution in [-0.4, -0.2) is 14.1 Å². The third kappa shape index (κ3) is 2.93. The van der Waals surface area contributed by atoms with Crippen molar-refractivity contribution in [3.05, 3.63) is 48.0 Å². The molecule has 0 heterocycles. The highest BCUT2D eigenvalue weighted by Crippen LogP contribution is 2.31. The van der Waals surface area contributed by atoms with Gasteiger partial charge in [0.2, 0.25) is 0 Å². The van der Waals surface area contributed by atoms with Gasteiger partial charge < -0.3 is 15.4 Å². The van der Waals surface area contributed by atoms with Gasteiger partial charge in [-0.05, 0) is 12.1 Å². The van der Waals surface area contributed by atoms with Gasteiger partial charge in [-0.1, -0.05) is 6.07 Å². The van der Waals surface area contributed by atoms with E-state index in [0.717, 1.165) is 17.8 Å². The molecule has 0 aliphatic rings. The number of nitrogens with zero attached hydrogens (tertiary/aromatic N) is 1. The van der Waals surface area contributed by atoms with Crippen molar-refractivity contribution >= 4 is 11.4 Å². The molecule has 0 bridgehead atoms. The highest BCUT2D eigenvalue weighted by atomic mass is 19.1. The summed E-state index contributed by atoms with van der Waals surface area (Å²) >= 11 is 0. The molecule has 0 aliphatic carbocycles. The first-order chi connectivity index (χ1) is 8.97. The summed E-state index contributed by atoms with van der Waals surface area (Å²) in [5.41, 5.74) is 6.22. The Balaban J connectivity index is 2.33. The molecule has 100 valence electrons. The molecule has 0 spiro atoms. The second kappa shape index (κ2) is 5.14. The van der Waals surface area contributed by atoms with Gasteiger partial charge in [-0.15, -0.1) is 0 Å². The van der Waals surface area contributed by atoms with Crippen molar-refractivity contribution < 1.29 is 13.5 Å². The van der Waals surface area contributed by atoms with E-state index >= 15 is 0 Å². The fourth-order valence-electron chi connectivity index (χ4n) is 1.60. The number of rotatable bonds is 3. The standard InChI is InChI=1S/C14H14F2N2O/c1-18(2)10-4-3-5-11(8-10)19-13-7-9(15)6-12(16)14(13)17/h3-8H,17H2,1-2H3. The molecule has 2 aromatic rings. The van der Waals surface area contributed by atoms with Gasteiger partial charge in [-0.25, -0.2) is 8.78 Å². The van der Waals surface area contributed by atoms with Crippen molar-refractivity contribution in [2.75, 3.05) is 24.7 Å². The molecule has 2 aromatic carbocycles. The summed E-state index contributed by atoms with van der Waals surface area (Å²) < 4.78 is 31.9. The second-order valence-electron chi connectivity index (χ2n) is 4.29. The van der Waals surface area contributed by atoms with Crippen molar-refractivity contribution in [3.8, 4) is 11.5 Å². The molecule has 5 heteroatoms. The van der Waals surface area contributed by atoms with Gasteiger partial charge in [-0.2, -0.15) is 0 Å². The topological polar surface area (TPSA) is 38.5 Å². The lowest BCUT2D eigenvalue weighted by Gasteiger charge is -2.14. The number of hydrogen-bond acceptors (Lipinski definition) is 3. The first-order valence-corrected chi connectivity index (χ1v) is 5.67. The number of ether oxygens (including phenoxy) is 1. The monoisotopic (exact) mass is 264 g/mol. The van der Waals surface area contributed by atoms with E-state index in [0.29, 0.717) is 5.75 Å². The van der Waals surface area contributed by atoms with Crippen LogP contribution in [0.2, 0.25) is 0 Å². The van der Waals surface area contributed by atoms with E-state index in [-0.39, 0.29) is 11.4 Å². The van der Waals surface area contributed by atoms with Crippen LogP contribution in [0, 0.1) is 11.6 Å². The Labute approximate surface area is 110 Å². The molecule has 0 atom stereocenters. The van der Waals surface area contributed by atoms with Crippen LogP contribution in [0.1, 0.15) is 0 Å². The van der Waals surface area contributed by atoms with Crippen molar-refractivity contribution in [2.24, 2.45) is 0 Å². The predicted molar refractivity (Wildman–Crippen MR) is 71.6 cm³/mol. The zero-order chi connectivity index (χ0) is 14.0. The van der Waals surface area contributed by atoms with Gasteiger partial charge in [0.1, 0.15) is 17.3 Å². The average molecular weight is 264 g/mol. The van der Waals surface area contributed by atoms with E-state index in [4.69, 9.17) is 10.5 Å². The minimum absolute atomic E-state index is 0.0339. The summed E-state index contributed by atoms with van der Waals surface area (Å²) in [6.45, 7) is 0. The van der Waals surface area contributed by atoms with Gasteiger partial charge in [0, 0.05) is 38.0 Å². The molecule has 0 aromatic heterocycles. The average Bonchev–Trinajstić information content (AvgIpc) is 2.35. The van der Waals surface area contributed by atoms with Crippen LogP contribution in [-0.2, 0) is 0 Å². The van der Waals surface area contributed by atoms with Crippen molar-refractivity contribution in [2.45, 2.75) is 0 Å². The fourth-order valence-corrected chi connectivity index (χ4v) is 1.60. The van der Waals surface area contributed by atoms with E-state index in [1.54, 1.807) is 18.2 Å². The molecule has 0 saturated heterocycles. The maximum atomic E-state index is 13.3. The number of benzene rings is 2. The Kier molecular flexibility index (Phi) is 3.55. The van der Waals surface area contributed by atoms with E-state index < -0.39 is 11.6 Å². The quantitative estimate of drug-likeness (QED) is 0.863. The number of halogens is 2. The second-order valence-corrected chi connectivity index (χ2v) is 4.29. The molecule has 0 aliphatic heterocycles. The lowest BCUT2D eigenvalue weighted by atomic mass is 10.2. The van der Waals surface area contributed by atoms with Gasteiger partial charge in [0.05, 0.1) is 0 Å². The molecule has 0 amide bonds. The van der Waals surface area contributed by atoms with E-state index in [1.165, 1.54) is 0 Å². The summed E-state index contributed by atoms with van der Waals surface area (Å²) in [5.74, 6) is -1.14. The Morgan fingerprint density at radius 1 is 1.11 bits per heavy atom. The van der Waals surface area contributed by atoms with Crippen LogP contribution in [0.5, 0.6) is 11.5 Å². The number of hydrogen-bond donors (Lipinski definition) is 1. The molecule has 0 unspecified atom stereocenters. The Hall–Kier alpha value is -2.30. The molecular formula is C14H14F2N2O. The van der Waals surface area contributed by atoms with Crippen molar-refractivity contribution in [3.63, 3.8) is 0 Å². The van der Waals surface area contributed by atoms with Crippen molar-refractivity contribution in [1.29, 1.82) is 0 Å². The summed E-state index contributed by atoms with van der Waals surface area (Å²) in [4.78, 5) is 1.89. The highest BCUT2D eigenvalue weighted by Gasteiger charge is 2.10. The first-order valence-electron chi connectivity index (χ1n) is 5.67. The predicted octanol–water partition coefficient (Wildman–Crippen LogP) is 3.41. The maximum absolute atomic E-state index is 13.3. The molecule has 2 N–H and O–H groups in total. The zero-order valence-corrected chi connectivity index (χ0v) is 10.7. The van der Waals surface area contributed by atoms with Crippen LogP contribution >= 0.6 is 0 Å². The molecular weight excluding hydrogens is 250 g/mol. The maximum Gasteiger partial charge on any atom is 0.156 e. The summed E-state index contributed by atoms with van der Waals surface area (Å²) in [7, 11) is 3.77. The van der Waals surface area contributed by atoms with E-state index in [1.807, 2.05) is 25.1 Å². The molecule has 2 rings (SSSR count). The third-order valence-corrected chi connectivity index (χ3v) is 2.62. The third-order valence-electron chi connectivity index (χ3n) is 2.62. The van der Waals surface area contributed by atoms with Gasteiger partial charge in [0.25, 0.3) is 0 Å². The molecule has 19 heavy (non-hydrogen) atoms. The number of anilines is 2. The summed E-state index contributed by atoms with van der Waals surface area (Å²) in [6, 6.07) is 8.90. The minimum atomic E-state index is -0.834. The van der Waals surface area contributed by atoms with Crippen LogP contribution in [0.15, 0.2) is 36.4 Å². The lowest BCUT2D eigenvalue weighted by molar-refractivity contribution is 0.472. The van der Waals surface area contributed by atoms with Crippen molar-refractivity contribution in [1.82, 2.24) is 0 Å². The zero-order valence-electron chi connectivity index (χ0n) is 10.7. The summed E-state index contributed by atoms with van der Waals surface area (Å²) in [5, 5.41) is 0. The Morgan fingerprint density at radius 3 is 2.53 bits per heavy atom. The minimum Gasteiger partial charge on any atom is -0.455 e. The van der Waals surface area contributed by atoms with Crippen LogP contribution in [0.3, 0.4) is 0 Å². The Bertz CT molecular complexity index is 600. The molecule has 0 radical (unpaired) electrons. The van der Waals surface area contributed by atoms with Gasteiger partial charge in [0.15, 0.2) is 11.6 Å². The Morgan fingerprint density at radius 2 is 1.84 bits per heavy atom.